The molecule has 0 radical (unpaired) electrons. The molecule has 1 N–H and O–H groups in total. The predicted octanol–water partition coefficient (Wildman–Crippen LogP) is 2.38. The summed E-state index contributed by atoms with van der Waals surface area (Å²) in [6.07, 6.45) is 5.36. The van der Waals surface area contributed by atoms with Gasteiger partial charge in [0.2, 0.25) is 0 Å². The minimum absolute atomic E-state index is 0.129. The van der Waals surface area contributed by atoms with E-state index in [9.17, 15) is 9.50 Å². The topological polar surface area (TPSA) is 20.2 Å². The van der Waals surface area contributed by atoms with Gasteiger partial charge in [-0.25, -0.2) is 4.39 Å². The molecule has 3 rings (SSSR count). The van der Waals surface area contributed by atoms with Crippen LogP contribution in [0.5, 0.6) is 0 Å². The zero-order valence-electron chi connectivity index (χ0n) is 8.72. The molecule has 2 aliphatic rings. The van der Waals surface area contributed by atoms with Crippen LogP contribution in [0.3, 0.4) is 0 Å². The first-order valence-electron chi connectivity index (χ1n) is 5.69. The number of aliphatic hydroxyl groups is 1. The molecule has 0 saturated heterocycles. The number of aryl methyl sites for hydroxylation is 2. The Balaban J connectivity index is 1.94. The Kier molecular flexibility index (Phi) is 1.90. The van der Waals surface area contributed by atoms with E-state index in [2.05, 4.69) is 0 Å². The monoisotopic (exact) mass is 206 g/mol. The molecule has 0 aliphatic heterocycles. The number of hydrogen-bond donors (Lipinski definition) is 1. The molecular weight excluding hydrogens is 191 g/mol. The molecule has 0 aromatic heterocycles. The highest BCUT2D eigenvalue weighted by Crippen LogP contribution is 2.39. The maximum absolute atomic E-state index is 13.7. The van der Waals surface area contributed by atoms with E-state index < -0.39 is 5.60 Å². The van der Waals surface area contributed by atoms with E-state index in [4.69, 9.17) is 0 Å². The Morgan fingerprint density at radius 3 is 2.53 bits per heavy atom. The molecule has 1 fully saturated rings. The molecule has 1 saturated carbocycles. The second-order valence-corrected chi connectivity index (χ2v) is 4.97. The Hall–Kier alpha value is -0.890. The van der Waals surface area contributed by atoms with Crippen molar-refractivity contribution >= 4 is 0 Å². The van der Waals surface area contributed by atoms with Crippen molar-refractivity contribution in [1.82, 2.24) is 0 Å². The van der Waals surface area contributed by atoms with Gasteiger partial charge in [-0.2, -0.15) is 0 Å². The van der Waals surface area contributed by atoms with Crippen molar-refractivity contribution in [3.05, 3.63) is 34.6 Å². The summed E-state index contributed by atoms with van der Waals surface area (Å²) in [5, 5.41) is 9.79. The normalized spacial score (nSPS) is 21.5. The van der Waals surface area contributed by atoms with Crippen LogP contribution in [-0.2, 0) is 19.3 Å². The number of rotatable bonds is 2. The minimum atomic E-state index is -0.590. The summed E-state index contributed by atoms with van der Waals surface area (Å²) >= 11 is 0. The number of halogens is 1. The van der Waals surface area contributed by atoms with Crippen molar-refractivity contribution in [2.75, 3.05) is 0 Å². The van der Waals surface area contributed by atoms with Crippen molar-refractivity contribution in [2.45, 2.75) is 44.1 Å². The molecule has 0 unspecified atom stereocenters. The number of benzene rings is 1. The number of fused-ring (bicyclic) bond motifs is 1. The molecule has 15 heavy (non-hydrogen) atoms. The molecule has 0 heterocycles. The molecule has 0 atom stereocenters. The number of hydrogen-bond acceptors (Lipinski definition) is 1. The van der Waals surface area contributed by atoms with E-state index in [0.29, 0.717) is 12.0 Å². The van der Waals surface area contributed by atoms with Gasteiger partial charge in [-0.3, -0.25) is 0 Å². The summed E-state index contributed by atoms with van der Waals surface area (Å²) in [5.74, 6) is -0.129. The maximum atomic E-state index is 13.7. The van der Waals surface area contributed by atoms with Gasteiger partial charge in [-0.1, -0.05) is 6.07 Å². The van der Waals surface area contributed by atoms with Gasteiger partial charge in [0.25, 0.3) is 0 Å². The summed E-state index contributed by atoms with van der Waals surface area (Å²) in [6.45, 7) is 0. The Bertz CT molecular complexity index is 407. The fourth-order valence-electron chi connectivity index (χ4n) is 2.46. The van der Waals surface area contributed by atoms with Gasteiger partial charge in [0, 0.05) is 6.42 Å². The van der Waals surface area contributed by atoms with E-state index in [1.54, 1.807) is 6.07 Å². The molecule has 2 aliphatic carbocycles. The van der Waals surface area contributed by atoms with Crippen LogP contribution in [0.1, 0.15) is 36.0 Å². The van der Waals surface area contributed by atoms with Crippen LogP contribution in [0.15, 0.2) is 12.1 Å². The van der Waals surface area contributed by atoms with Crippen molar-refractivity contribution < 1.29 is 9.50 Å². The average molecular weight is 206 g/mol. The Morgan fingerprint density at radius 1 is 1.20 bits per heavy atom. The van der Waals surface area contributed by atoms with Gasteiger partial charge >= 0.3 is 0 Å². The lowest BCUT2D eigenvalue weighted by molar-refractivity contribution is 0.149. The molecule has 1 aromatic carbocycles. The lowest BCUT2D eigenvalue weighted by Gasteiger charge is -2.10. The largest absolute Gasteiger partial charge is 0.390 e. The molecule has 80 valence electrons. The molecule has 1 nitrogen and oxygen atoms in total. The highest BCUT2D eigenvalue weighted by atomic mass is 19.1. The minimum Gasteiger partial charge on any atom is -0.390 e. The summed E-state index contributed by atoms with van der Waals surface area (Å²) in [4.78, 5) is 0. The summed E-state index contributed by atoms with van der Waals surface area (Å²) in [7, 11) is 0. The lowest BCUT2D eigenvalue weighted by Crippen LogP contribution is -2.12. The molecule has 0 spiro atoms. The summed E-state index contributed by atoms with van der Waals surface area (Å²) in [5.41, 5.74) is 2.57. The van der Waals surface area contributed by atoms with E-state index in [0.717, 1.165) is 32.1 Å². The zero-order chi connectivity index (χ0) is 10.5. The van der Waals surface area contributed by atoms with Gasteiger partial charge < -0.3 is 5.11 Å². The molecule has 0 bridgehead atoms. The van der Waals surface area contributed by atoms with Gasteiger partial charge in [-0.15, -0.1) is 0 Å². The highest BCUT2D eigenvalue weighted by Gasteiger charge is 2.40. The standard InChI is InChI=1S/C13H15FO/c14-12-7-10-3-1-2-9(10)6-11(12)8-13(15)4-5-13/h6-7,15H,1-5,8H2. The van der Waals surface area contributed by atoms with Crippen LogP contribution >= 0.6 is 0 Å². The average Bonchev–Trinajstić information content (AvgIpc) is 2.74. The van der Waals surface area contributed by atoms with Crippen LogP contribution in [0.4, 0.5) is 4.39 Å². The summed E-state index contributed by atoms with van der Waals surface area (Å²) in [6, 6.07) is 3.64. The first-order valence-corrected chi connectivity index (χ1v) is 5.69. The summed E-state index contributed by atoms with van der Waals surface area (Å²) < 4.78 is 13.7. The van der Waals surface area contributed by atoms with E-state index in [1.165, 1.54) is 11.1 Å². The van der Waals surface area contributed by atoms with Gasteiger partial charge in [0.15, 0.2) is 0 Å². The molecular formula is C13H15FO. The van der Waals surface area contributed by atoms with Crippen molar-refractivity contribution in [3.63, 3.8) is 0 Å². The van der Waals surface area contributed by atoms with E-state index in [-0.39, 0.29) is 5.82 Å². The van der Waals surface area contributed by atoms with E-state index >= 15 is 0 Å². The van der Waals surface area contributed by atoms with Gasteiger partial charge in [0.05, 0.1) is 5.60 Å². The van der Waals surface area contributed by atoms with Crippen LogP contribution in [0.25, 0.3) is 0 Å². The van der Waals surface area contributed by atoms with Crippen LogP contribution in [0.2, 0.25) is 0 Å². The molecule has 0 amide bonds. The van der Waals surface area contributed by atoms with Crippen molar-refractivity contribution in [2.24, 2.45) is 0 Å². The quantitative estimate of drug-likeness (QED) is 0.787. The van der Waals surface area contributed by atoms with Crippen LogP contribution in [0, 0.1) is 5.82 Å². The maximum Gasteiger partial charge on any atom is 0.126 e. The zero-order valence-corrected chi connectivity index (χ0v) is 8.72. The third-order valence-electron chi connectivity index (χ3n) is 3.61. The third-order valence-corrected chi connectivity index (χ3v) is 3.61. The van der Waals surface area contributed by atoms with E-state index in [1.807, 2.05) is 6.07 Å². The van der Waals surface area contributed by atoms with Crippen molar-refractivity contribution in [3.8, 4) is 0 Å². The van der Waals surface area contributed by atoms with Crippen LogP contribution < -0.4 is 0 Å². The second-order valence-electron chi connectivity index (χ2n) is 4.97. The molecule has 2 heteroatoms. The smallest absolute Gasteiger partial charge is 0.126 e. The second kappa shape index (κ2) is 3.05. The van der Waals surface area contributed by atoms with Crippen molar-refractivity contribution in [1.29, 1.82) is 0 Å². The predicted molar refractivity (Wildman–Crippen MR) is 56.3 cm³/mol. The lowest BCUT2D eigenvalue weighted by atomic mass is 10.0. The van der Waals surface area contributed by atoms with Gasteiger partial charge in [-0.05, 0) is 54.9 Å². The fourth-order valence-corrected chi connectivity index (χ4v) is 2.46. The van der Waals surface area contributed by atoms with Crippen LogP contribution in [-0.4, -0.2) is 10.7 Å². The highest BCUT2D eigenvalue weighted by molar-refractivity contribution is 5.37. The SMILES string of the molecule is OC1(Cc2cc3c(cc2F)CCC3)CC1. The van der Waals surface area contributed by atoms with Gasteiger partial charge in [0.1, 0.15) is 5.82 Å². The third kappa shape index (κ3) is 1.67. The Labute approximate surface area is 88.9 Å². The first kappa shape index (κ1) is 9.34. The first-order chi connectivity index (χ1) is 7.16. The molecule has 1 aromatic rings. The fraction of sp³-hybridized carbons (Fsp3) is 0.538. The Morgan fingerprint density at radius 2 is 1.87 bits per heavy atom.